The van der Waals surface area contributed by atoms with Crippen LogP contribution < -0.4 is 5.73 Å². The maximum absolute atomic E-state index is 11.8. The van der Waals surface area contributed by atoms with Crippen LogP contribution in [0.3, 0.4) is 0 Å². The summed E-state index contributed by atoms with van der Waals surface area (Å²) in [6, 6.07) is 3.69. The molecule has 1 aromatic heterocycles. The van der Waals surface area contributed by atoms with Crippen molar-refractivity contribution < 1.29 is 4.79 Å². The minimum absolute atomic E-state index is 0.0419. The summed E-state index contributed by atoms with van der Waals surface area (Å²) in [6.07, 6.45) is 3.76. The van der Waals surface area contributed by atoms with Crippen molar-refractivity contribution in [2.24, 2.45) is 0 Å². The van der Waals surface area contributed by atoms with Crippen LogP contribution >= 0.6 is 0 Å². The molecule has 4 heteroatoms. The number of nitrogen functional groups attached to an aromatic ring is 1. The van der Waals surface area contributed by atoms with Crippen LogP contribution in [0.15, 0.2) is 18.3 Å². The molecule has 0 radical (unpaired) electrons. The topological polar surface area (TPSA) is 59.2 Å². The summed E-state index contributed by atoms with van der Waals surface area (Å²) in [4.78, 5) is 17.5. The Balaban J connectivity index is 2.17. The van der Waals surface area contributed by atoms with Crippen LogP contribution in [0.1, 0.15) is 23.3 Å². The van der Waals surface area contributed by atoms with Gasteiger partial charge in [-0.3, -0.25) is 9.78 Å². The van der Waals surface area contributed by atoms with Gasteiger partial charge >= 0.3 is 0 Å². The molecule has 2 N–H and O–H groups in total. The van der Waals surface area contributed by atoms with E-state index in [0.717, 1.165) is 12.8 Å². The van der Waals surface area contributed by atoms with E-state index in [1.165, 1.54) is 0 Å². The Labute approximate surface area is 82.7 Å². The molecule has 1 fully saturated rings. The SMILES string of the molecule is CN(C(=O)c1cc(N)ccn1)C1CC1. The van der Waals surface area contributed by atoms with E-state index in [9.17, 15) is 4.79 Å². The number of anilines is 1. The molecular formula is C10H13N3O. The number of nitrogens with zero attached hydrogens (tertiary/aromatic N) is 2. The monoisotopic (exact) mass is 191 g/mol. The molecule has 74 valence electrons. The van der Waals surface area contributed by atoms with Crippen molar-refractivity contribution in [1.82, 2.24) is 9.88 Å². The highest BCUT2D eigenvalue weighted by atomic mass is 16.2. The summed E-state index contributed by atoms with van der Waals surface area (Å²) in [5.74, 6) is -0.0419. The van der Waals surface area contributed by atoms with E-state index in [-0.39, 0.29) is 5.91 Å². The van der Waals surface area contributed by atoms with Gasteiger partial charge in [-0.05, 0) is 25.0 Å². The fraction of sp³-hybridized carbons (Fsp3) is 0.400. The first-order chi connectivity index (χ1) is 6.68. The summed E-state index contributed by atoms with van der Waals surface area (Å²) in [7, 11) is 1.81. The Morgan fingerprint density at radius 1 is 1.64 bits per heavy atom. The van der Waals surface area contributed by atoms with Crippen molar-refractivity contribution in [1.29, 1.82) is 0 Å². The molecule has 1 saturated carbocycles. The number of hydrogen-bond donors (Lipinski definition) is 1. The molecule has 1 heterocycles. The van der Waals surface area contributed by atoms with E-state index in [1.807, 2.05) is 7.05 Å². The van der Waals surface area contributed by atoms with Crippen LogP contribution in [0.2, 0.25) is 0 Å². The highest BCUT2D eigenvalue weighted by molar-refractivity contribution is 5.93. The normalized spacial score (nSPS) is 15.2. The predicted molar refractivity (Wildman–Crippen MR) is 53.8 cm³/mol. The number of carbonyl (C=O) groups is 1. The summed E-state index contributed by atoms with van der Waals surface area (Å²) in [6.45, 7) is 0. The molecule has 1 aliphatic rings. The average Bonchev–Trinajstić information content (AvgIpc) is 2.99. The molecule has 0 saturated heterocycles. The first-order valence-electron chi connectivity index (χ1n) is 4.67. The smallest absolute Gasteiger partial charge is 0.272 e. The minimum Gasteiger partial charge on any atom is -0.399 e. The molecule has 14 heavy (non-hydrogen) atoms. The standard InChI is InChI=1S/C10H13N3O/c1-13(8-2-3-8)10(14)9-6-7(11)4-5-12-9/h4-6,8H,2-3H2,1H3,(H2,11,12). The van der Waals surface area contributed by atoms with Gasteiger partial charge in [-0.25, -0.2) is 0 Å². The molecule has 1 aromatic rings. The Hall–Kier alpha value is -1.58. The first-order valence-corrected chi connectivity index (χ1v) is 4.67. The molecule has 0 spiro atoms. The van der Waals surface area contributed by atoms with Crippen LogP contribution in [0.25, 0.3) is 0 Å². The first kappa shape index (κ1) is 8.99. The van der Waals surface area contributed by atoms with Crippen molar-refractivity contribution in [3.63, 3.8) is 0 Å². The van der Waals surface area contributed by atoms with E-state index >= 15 is 0 Å². The third kappa shape index (κ3) is 1.69. The second-order valence-corrected chi connectivity index (χ2v) is 3.62. The van der Waals surface area contributed by atoms with Crippen LogP contribution in [0.5, 0.6) is 0 Å². The lowest BCUT2D eigenvalue weighted by Gasteiger charge is -2.15. The quantitative estimate of drug-likeness (QED) is 0.755. The maximum atomic E-state index is 11.8. The lowest BCUT2D eigenvalue weighted by Crippen LogP contribution is -2.29. The van der Waals surface area contributed by atoms with E-state index in [0.29, 0.717) is 17.4 Å². The molecule has 0 atom stereocenters. The van der Waals surface area contributed by atoms with Gasteiger partial charge in [0.2, 0.25) is 0 Å². The number of pyridine rings is 1. The van der Waals surface area contributed by atoms with E-state index < -0.39 is 0 Å². The number of hydrogen-bond acceptors (Lipinski definition) is 3. The number of amides is 1. The zero-order valence-corrected chi connectivity index (χ0v) is 8.10. The fourth-order valence-corrected chi connectivity index (χ4v) is 1.37. The van der Waals surface area contributed by atoms with Crippen LogP contribution in [-0.2, 0) is 0 Å². The number of rotatable bonds is 2. The summed E-state index contributed by atoms with van der Waals surface area (Å²) >= 11 is 0. The predicted octanol–water partition coefficient (Wildman–Crippen LogP) is 0.898. The van der Waals surface area contributed by atoms with Gasteiger partial charge in [0.15, 0.2) is 0 Å². The summed E-state index contributed by atoms with van der Waals surface area (Å²) in [5, 5.41) is 0. The molecule has 0 bridgehead atoms. The number of carbonyl (C=O) groups excluding carboxylic acids is 1. The molecule has 0 aliphatic heterocycles. The van der Waals surface area contributed by atoms with Crippen molar-refractivity contribution in [3.8, 4) is 0 Å². The van der Waals surface area contributed by atoms with Gasteiger partial charge < -0.3 is 10.6 Å². The Kier molecular flexibility index (Phi) is 2.11. The molecule has 2 rings (SSSR count). The van der Waals surface area contributed by atoms with Gasteiger partial charge in [-0.1, -0.05) is 0 Å². The lowest BCUT2D eigenvalue weighted by atomic mass is 10.3. The van der Waals surface area contributed by atoms with Crippen molar-refractivity contribution in [2.45, 2.75) is 18.9 Å². The van der Waals surface area contributed by atoms with Gasteiger partial charge in [0, 0.05) is 25.0 Å². The molecule has 4 nitrogen and oxygen atoms in total. The molecule has 1 amide bonds. The summed E-state index contributed by atoms with van der Waals surface area (Å²) in [5.41, 5.74) is 6.58. The zero-order valence-electron chi connectivity index (χ0n) is 8.10. The molecule has 0 aromatic carbocycles. The van der Waals surface area contributed by atoms with Gasteiger partial charge in [0.1, 0.15) is 5.69 Å². The highest BCUT2D eigenvalue weighted by Crippen LogP contribution is 2.26. The Morgan fingerprint density at radius 2 is 2.36 bits per heavy atom. The largest absolute Gasteiger partial charge is 0.399 e. The number of nitrogens with two attached hydrogens (primary N) is 1. The van der Waals surface area contributed by atoms with E-state index in [1.54, 1.807) is 23.2 Å². The van der Waals surface area contributed by atoms with E-state index in [4.69, 9.17) is 5.73 Å². The molecule has 1 aliphatic carbocycles. The second kappa shape index (κ2) is 3.29. The lowest BCUT2D eigenvalue weighted by molar-refractivity contribution is 0.0779. The van der Waals surface area contributed by atoms with Crippen molar-refractivity contribution >= 4 is 11.6 Å². The van der Waals surface area contributed by atoms with Crippen molar-refractivity contribution in [2.75, 3.05) is 12.8 Å². The van der Waals surface area contributed by atoms with Crippen LogP contribution in [0.4, 0.5) is 5.69 Å². The maximum Gasteiger partial charge on any atom is 0.272 e. The second-order valence-electron chi connectivity index (χ2n) is 3.62. The van der Waals surface area contributed by atoms with E-state index in [2.05, 4.69) is 4.98 Å². The van der Waals surface area contributed by atoms with Gasteiger partial charge in [-0.15, -0.1) is 0 Å². The van der Waals surface area contributed by atoms with Gasteiger partial charge in [0.05, 0.1) is 0 Å². The van der Waals surface area contributed by atoms with Gasteiger partial charge in [-0.2, -0.15) is 0 Å². The van der Waals surface area contributed by atoms with Gasteiger partial charge in [0.25, 0.3) is 5.91 Å². The number of aromatic nitrogens is 1. The minimum atomic E-state index is -0.0419. The third-order valence-electron chi connectivity index (χ3n) is 2.42. The Bertz CT molecular complexity index is 360. The fourth-order valence-electron chi connectivity index (χ4n) is 1.37. The Morgan fingerprint density at radius 3 is 2.93 bits per heavy atom. The molecule has 0 unspecified atom stereocenters. The molecular weight excluding hydrogens is 178 g/mol. The highest BCUT2D eigenvalue weighted by Gasteiger charge is 2.30. The summed E-state index contributed by atoms with van der Waals surface area (Å²) < 4.78 is 0. The van der Waals surface area contributed by atoms with Crippen LogP contribution in [-0.4, -0.2) is 28.9 Å². The third-order valence-corrected chi connectivity index (χ3v) is 2.42. The average molecular weight is 191 g/mol. The zero-order chi connectivity index (χ0) is 10.1. The van der Waals surface area contributed by atoms with Crippen molar-refractivity contribution in [3.05, 3.63) is 24.0 Å². The van der Waals surface area contributed by atoms with Crippen LogP contribution in [0, 0.1) is 0 Å².